The van der Waals surface area contributed by atoms with E-state index in [2.05, 4.69) is 22.3 Å². The number of aliphatic hydroxyl groups is 1. The van der Waals surface area contributed by atoms with E-state index >= 15 is 0 Å². The minimum absolute atomic E-state index is 0.0661. The van der Waals surface area contributed by atoms with E-state index in [0.717, 1.165) is 10.4 Å². The molecule has 0 spiro atoms. The van der Waals surface area contributed by atoms with E-state index in [0.29, 0.717) is 18.7 Å². The lowest BCUT2D eigenvalue weighted by Crippen LogP contribution is -2.21. The molecule has 0 aliphatic heterocycles. The maximum Gasteiger partial charge on any atom is 0.290 e. The molecule has 2 aromatic heterocycles. The fraction of sp³-hybridized carbons (Fsp3) is 0.286. The Kier molecular flexibility index (Phi) is 4.93. The standard InChI is InChI=1S/C14H14N2O3S/c1-10-6-13(19-16-10)14(18)15-8-12-7-11(9-20-12)4-2-3-5-17/h6-7,9,17H,3,5,8H2,1H3,(H,15,18). The lowest BCUT2D eigenvalue weighted by atomic mass is 10.3. The van der Waals surface area contributed by atoms with Crippen molar-refractivity contribution in [2.75, 3.05) is 6.61 Å². The molecule has 2 heterocycles. The van der Waals surface area contributed by atoms with Gasteiger partial charge in [-0.3, -0.25) is 4.79 Å². The molecule has 0 bridgehead atoms. The first-order valence-electron chi connectivity index (χ1n) is 6.07. The summed E-state index contributed by atoms with van der Waals surface area (Å²) in [5.74, 6) is 5.73. The Morgan fingerprint density at radius 2 is 2.40 bits per heavy atom. The van der Waals surface area contributed by atoms with E-state index < -0.39 is 0 Å². The van der Waals surface area contributed by atoms with Gasteiger partial charge in [-0.25, -0.2) is 0 Å². The highest BCUT2D eigenvalue weighted by atomic mass is 32.1. The Balaban J connectivity index is 1.88. The van der Waals surface area contributed by atoms with Crippen molar-refractivity contribution in [3.63, 3.8) is 0 Å². The van der Waals surface area contributed by atoms with E-state index in [-0.39, 0.29) is 18.3 Å². The third kappa shape index (κ3) is 3.95. The molecular formula is C14H14N2O3S. The zero-order valence-electron chi connectivity index (χ0n) is 11.0. The summed E-state index contributed by atoms with van der Waals surface area (Å²) in [5, 5.41) is 17.0. The summed E-state index contributed by atoms with van der Waals surface area (Å²) in [4.78, 5) is 12.8. The van der Waals surface area contributed by atoms with E-state index in [1.54, 1.807) is 13.0 Å². The number of aromatic nitrogens is 1. The number of carbonyl (C=O) groups excluding carboxylic acids is 1. The number of carbonyl (C=O) groups is 1. The van der Waals surface area contributed by atoms with Crippen molar-refractivity contribution < 1.29 is 14.4 Å². The molecule has 20 heavy (non-hydrogen) atoms. The molecule has 2 N–H and O–H groups in total. The molecular weight excluding hydrogens is 276 g/mol. The predicted octanol–water partition coefficient (Wildman–Crippen LogP) is 1.71. The Bertz CT molecular complexity index is 649. The zero-order chi connectivity index (χ0) is 14.4. The summed E-state index contributed by atoms with van der Waals surface area (Å²) < 4.78 is 4.88. The van der Waals surface area contributed by atoms with Crippen molar-refractivity contribution in [1.82, 2.24) is 10.5 Å². The summed E-state index contributed by atoms with van der Waals surface area (Å²) in [6, 6.07) is 3.51. The van der Waals surface area contributed by atoms with Gasteiger partial charge >= 0.3 is 0 Å². The number of nitrogens with zero attached hydrogens (tertiary/aromatic N) is 1. The summed E-state index contributed by atoms with van der Waals surface area (Å²) in [6.45, 7) is 2.25. The van der Waals surface area contributed by atoms with Gasteiger partial charge in [-0.15, -0.1) is 11.3 Å². The third-order valence-corrected chi connectivity index (χ3v) is 3.33. The molecule has 0 aliphatic carbocycles. The molecule has 1 amide bonds. The molecule has 2 rings (SSSR count). The molecule has 104 valence electrons. The molecule has 0 aromatic carbocycles. The number of hydrogen-bond donors (Lipinski definition) is 2. The second-order valence-corrected chi connectivity index (χ2v) is 5.09. The highest BCUT2D eigenvalue weighted by Gasteiger charge is 2.11. The first-order chi connectivity index (χ1) is 9.69. The van der Waals surface area contributed by atoms with Crippen molar-refractivity contribution in [3.8, 4) is 11.8 Å². The lowest BCUT2D eigenvalue weighted by Gasteiger charge is -1.98. The second-order valence-electron chi connectivity index (χ2n) is 4.09. The van der Waals surface area contributed by atoms with Crippen LogP contribution >= 0.6 is 11.3 Å². The molecule has 0 unspecified atom stereocenters. The molecule has 0 radical (unpaired) electrons. The van der Waals surface area contributed by atoms with Crippen molar-refractivity contribution in [3.05, 3.63) is 39.4 Å². The molecule has 5 nitrogen and oxygen atoms in total. The van der Waals surface area contributed by atoms with Crippen LogP contribution in [0, 0.1) is 18.8 Å². The van der Waals surface area contributed by atoms with E-state index in [9.17, 15) is 4.79 Å². The normalized spacial score (nSPS) is 9.90. The zero-order valence-corrected chi connectivity index (χ0v) is 11.8. The predicted molar refractivity (Wildman–Crippen MR) is 75.3 cm³/mol. The van der Waals surface area contributed by atoms with Gasteiger partial charge in [-0.1, -0.05) is 17.0 Å². The summed E-state index contributed by atoms with van der Waals surface area (Å²) in [5.41, 5.74) is 1.57. The van der Waals surface area contributed by atoms with Gasteiger partial charge < -0.3 is 14.9 Å². The van der Waals surface area contributed by atoms with Crippen LogP contribution < -0.4 is 5.32 Å². The second kappa shape index (κ2) is 6.89. The molecule has 0 aliphatic rings. The van der Waals surface area contributed by atoms with E-state index in [1.807, 2.05) is 11.4 Å². The average molecular weight is 290 g/mol. The first kappa shape index (κ1) is 14.3. The van der Waals surface area contributed by atoms with Crippen LogP contribution in [0.5, 0.6) is 0 Å². The van der Waals surface area contributed by atoms with Crippen LogP contribution in [0.1, 0.15) is 33.1 Å². The summed E-state index contributed by atoms with van der Waals surface area (Å²) >= 11 is 1.52. The molecule has 6 heteroatoms. The maximum absolute atomic E-state index is 11.8. The SMILES string of the molecule is Cc1cc(C(=O)NCc2cc(C#CCCO)cs2)on1. The Morgan fingerprint density at radius 3 is 3.10 bits per heavy atom. The monoisotopic (exact) mass is 290 g/mol. The number of rotatable bonds is 4. The average Bonchev–Trinajstić information content (AvgIpc) is 3.05. The van der Waals surface area contributed by atoms with Crippen molar-refractivity contribution in [2.24, 2.45) is 0 Å². The van der Waals surface area contributed by atoms with Crippen LogP contribution in [-0.2, 0) is 6.54 Å². The summed E-state index contributed by atoms with van der Waals surface area (Å²) in [7, 11) is 0. The van der Waals surface area contributed by atoms with Gasteiger partial charge in [0, 0.05) is 28.3 Å². The van der Waals surface area contributed by atoms with Gasteiger partial charge in [0.15, 0.2) is 0 Å². The van der Waals surface area contributed by atoms with Crippen LogP contribution in [0.25, 0.3) is 0 Å². The Hall–Kier alpha value is -2.10. The molecule has 0 saturated heterocycles. The third-order valence-electron chi connectivity index (χ3n) is 2.40. The van der Waals surface area contributed by atoms with Crippen LogP contribution in [0.2, 0.25) is 0 Å². The van der Waals surface area contributed by atoms with Gasteiger partial charge in [-0.2, -0.15) is 0 Å². The number of thiophene rings is 1. The van der Waals surface area contributed by atoms with Crippen LogP contribution in [0.4, 0.5) is 0 Å². The van der Waals surface area contributed by atoms with Crippen LogP contribution in [0.3, 0.4) is 0 Å². The minimum atomic E-state index is -0.285. The van der Waals surface area contributed by atoms with Crippen molar-refractivity contribution >= 4 is 17.2 Å². The van der Waals surface area contributed by atoms with E-state index in [4.69, 9.17) is 9.63 Å². The largest absolute Gasteiger partial charge is 0.395 e. The molecule has 0 saturated carbocycles. The van der Waals surface area contributed by atoms with Gasteiger partial charge in [-0.05, 0) is 13.0 Å². The highest BCUT2D eigenvalue weighted by Crippen LogP contribution is 2.14. The number of aliphatic hydroxyl groups excluding tert-OH is 1. The molecule has 0 atom stereocenters. The van der Waals surface area contributed by atoms with Crippen LogP contribution in [-0.4, -0.2) is 22.8 Å². The van der Waals surface area contributed by atoms with Crippen molar-refractivity contribution in [2.45, 2.75) is 19.9 Å². The summed E-state index contributed by atoms with van der Waals surface area (Å²) in [6.07, 6.45) is 0.465. The maximum atomic E-state index is 11.8. The highest BCUT2D eigenvalue weighted by molar-refractivity contribution is 7.10. The van der Waals surface area contributed by atoms with Gasteiger partial charge in [0.1, 0.15) is 0 Å². The van der Waals surface area contributed by atoms with Gasteiger partial charge in [0.2, 0.25) is 5.76 Å². The molecule has 0 fully saturated rings. The van der Waals surface area contributed by atoms with Gasteiger partial charge in [0.25, 0.3) is 5.91 Å². The topological polar surface area (TPSA) is 75.4 Å². The Labute approximate surface area is 120 Å². The van der Waals surface area contributed by atoms with Crippen molar-refractivity contribution in [1.29, 1.82) is 0 Å². The molecule has 2 aromatic rings. The first-order valence-corrected chi connectivity index (χ1v) is 6.95. The number of amides is 1. The number of aryl methyl sites for hydroxylation is 1. The fourth-order valence-corrected chi connectivity index (χ4v) is 2.24. The quantitative estimate of drug-likeness (QED) is 0.841. The Morgan fingerprint density at radius 1 is 1.55 bits per heavy atom. The minimum Gasteiger partial charge on any atom is -0.395 e. The van der Waals surface area contributed by atoms with Crippen LogP contribution in [0.15, 0.2) is 22.0 Å². The van der Waals surface area contributed by atoms with E-state index in [1.165, 1.54) is 11.3 Å². The smallest absolute Gasteiger partial charge is 0.290 e. The number of hydrogen-bond acceptors (Lipinski definition) is 5. The number of nitrogens with one attached hydrogen (secondary N) is 1. The fourth-order valence-electron chi connectivity index (χ4n) is 1.48. The van der Waals surface area contributed by atoms with Gasteiger partial charge in [0.05, 0.1) is 18.8 Å². The lowest BCUT2D eigenvalue weighted by molar-refractivity contribution is 0.0914.